The van der Waals surface area contributed by atoms with Gasteiger partial charge in [-0.05, 0) is 25.7 Å². The first-order chi connectivity index (χ1) is 9.97. The van der Waals surface area contributed by atoms with Gasteiger partial charge in [-0.2, -0.15) is 0 Å². The van der Waals surface area contributed by atoms with E-state index >= 15 is 0 Å². The van der Waals surface area contributed by atoms with Crippen LogP contribution < -0.4 is 10.6 Å². The highest BCUT2D eigenvalue weighted by Gasteiger charge is 2.40. The number of nitrogens with zero attached hydrogens (tertiary/aromatic N) is 1. The van der Waals surface area contributed by atoms with Gasteiger partial charge in [-0.15, -0.1) is 0 Å². The van der Waals surface area contributed by atoms with E-state index in [4.69, 9.17) is 0 Å². The largest absolute Gasteiger partial charge is 0.481 e. The quantitative estimate of drug-likeness (QED) is 0.705. The van der Waals surface area contributed by atoms with Gasteiger partial charge in [0.05, 0.1) is 5.41 Å². The van der Waals surface area contributed by atoms with Crippen molar-refractivity contribution in [1.82, 2.24) is 15.5 Å². The van der Waals surface area contributed by atoms with E-state index in [-0.39, 0.29) is 18.0 Å². The SMILES string of the molecule is CCC1(C(=O)O)CCN(C(=O)NCC2CCC(=O)N2)CC1. The van der Waals surface area contributed by atoms with E-state index in [1.54, 1.807) is 4.90 Å². The molecule has 1 atom stereocenters. The molecule has 21 heavy (non-hydrogen) atoms. The molecule has 2 rings (SSSR count). The predicted molar refractivity (Wildman–Crippen MR) is 75.7 cm³/mol. The third kappa shape index (κ3) is 3.46. The van der Waals surface area contributed by atoms with Gasteiger partial charge in [0.25, 0.3) is 0 Å². The molecule has 7 nitrogen and oxygen atoms in total. The molecule has 0 aromatic rings. The van der Waals surface area contributed by atoms with E-state index in [9.17, 15) is 19.5 Å². The number of nitrogens with one attached hydrogen (secondary N) is 2. The zero-order valence-corrected chi connectivity index (χ0v) is 12.4. The Balaban J connectivity index is 1.77. The molecule has 2 fully saturated rings. The molecule has 1 unspecified atom stereocenters. The lowest BCUT2D eigenvalue weighted by molar-refractivity contribution is -0.152. The first kappa shape index (κ1) is 15.6. The molecule has 3 amide bonds. The summed E-state index contributed by atoms with van der Waals surface area (Å²) in [6.07, 6.45) is 2.84. The third-order valence-electron chi connectivity index (χ3n) is 4.72. The second kappa shape index (κ2) is 6.32. The van der Waals surface area contributed by atoms with Crippen LogP contribution in [0.4, 0.5) is 4.79 Å². The number of carboxylic acids is 1. The number of amides is 3. The number of aliphatic carboxylic acids is 1. The van der Waals surface area contributed by atoms with Crippen molar-refractivity contribution in [2.45, 2.75) is 45.1 Å². The highest BCUT2D eigenvalue weighted by Crippen LogP contribution is 2.35. The van der Waals surface area contributed by atoms with Gasteiger partial charge in [0, 0.05) is 32.1 Å². The summed E-state index contributed by atoms with van der Waals surface area (Å²) in [7, 11) is 0. The van der Waals surface area contributed by atoms with Crippen LogP contribution in [0.25, 0.3) is 0 Å². The summed E-state index contributed by atoms with van der Waals surface area (Å²) < 4.78 is 0. The molecule has 0 aromatic heterocycles. The number of carbonyl (C=O) groups excluding carboxylic acids is 2. The summed E-state index contributed by atoms with van der Waals surface area (Å²) in [5.41, 5.74) is -0.684. The number of piperidine rings is 1. The molecule has 0 aliphatic carbocycles. The van der Waals surface area contributed by atoms with E-state index in [1.165, 1.54) is 0 Å². The van der Waals surface area contributed by atoms with Crippen LogP contribution in [0.3, 0.4) is 0 Å². The molecule has 0 saturated carbocycles. The molecule has 2 aliphatic rings. The molecule has 2 heterocycles. The van der Waals surface area contributed by atoms with Gasteiger partial charge in [-0.1, -0.05) is 6.92 Å². The van der Waals surface area contributed by atoms with Crippen LogP contribution in [-0.4, -0.2) is 53.6 Å². The molecule has 2 aliphatic heterocycles. The van der Waals surface area contributed by atoms with Crippen molar-refractivity contribution in [2.75, 3.05) is 19.6 Å². The second-order valence-corrected chi connectivity index (χ2v) is 5.92. The average molecular weight is 297 g/mol. The van der Waals surface area contributed by atoms with Crippen LogP contribution in [0, 0.1) is 5.41 Å². The van der Waals surface area contributed by atoms with Gasteiger partial charge in [-0.25, -0.2) is 4.79 Å². The normalized spacial score (nSPS) is 24.5. The molecular weight excluding hydrogens is 274 g/mol. The van der Waals surface area contributed by atoms with Crippen molar-refractivity contribution in [1.29, 1.82) is 0 Å². The fourth-order valence-electron chi connectivity index (χ4n) is 3.01. The molecule has 0 bridgehead atoms. The van der Waals surface area contributed by atoms with Crippen LogP contribution >= 0.6 is 0 Å². The van der Waals surface area contributed by atoms with Crippen molar-refractivity contribution in [3.05, 3.63) is 0 Å². The smallest absolute Gasteiger partial charge is 0.317 e. The van der Waals surface area contributed by atoms with Crippen molar-refractivity contribution < 1.29 is 19.5 Å². The fourth-order valence-corrected chi connectivity index (χ4v) is 3.01. The lowest BCUT2D eigenvalue weighted by Gasteiger charge is -2.38. The molecule has 0 radical (unpaired) electrons. The van der Waals surface area contributed by atoms with E-state index in [0.29, 0.717) is 45.3 Å². The lowest BCUT2D eigenvalue weighted by Crippen LogP contribution is -2.51. The Bertz CT molecular complexity index is 430. The molecule has 3 N–H and O–H groups in total. The van der Waals surface area contributed by atoms with Crippen molar-refractivity contribution >= 4 is 17.9 Å². The zero-order valence-electron chi connectivity index (χ0n) is 12.4. The summed E-state index contributed by atoms with van der Waals surface area (Å²) >= 11 is 0. The van der Waals surface area contributed by atoms with Crippen LogP contribution in [0.1, 0.15) is 39.0 Å². The minimum atomic E-state index is -0.765. The maximum Gasteiger partial charge on any atom is 0.317 e. The van der Waals surface area contributed by atoms with E-state index < -0.39 is 11.4 Å². The lowest BCUT2D eigenvalue weighted by atomic mass is 9.76. The molecule has 2 saturated heterocycles. The highest BCUT2D eigenvalue weighted by molar-refractivity contribution is 5.79. The number of likely N-dealkylation sites (tertiary alicyclic amines) is 1. The first-order valence-electron chi connectivity index (χ1n) is 7.52. The van der Waals surface area contributed by atoms with E-state index in [2.05, 4.69) is 10.6 Å². The summed E-state index contributed by atoms with van der Waals surface area (Å²) in [4.78, 5) is 36.2. The van der Waals surface area contributed by atoms with Gasteiger partial charge < -0.3 is 20.6 Å². The topological polar surface area (TPSA) is 98.7 Å². The zero-order chi connectivity index (χ0) is 15.5. The molecule has 0 spiro atoms. The Morgan fingerprint density at radius 1 is 1.43 bits per heavy atom. The van der Waals surface area contributed by atoms with Gasteiger partial charge >= 0.3 is 12.0 Å². The van der Waals surface area contributed by atoms with Gasteiger partial charge in [0.1, 0.15) is 0 Å². The number of hydrogen-bond acceptors (Lipinski definition) is 3. The number of carboxylic acid groups (broad SMARTS) is 1. The summed E-state index contributed by atoms with van der Waals surface area (Å²) in [5.74, 6) is -0.736. The molecular formula is C14H23N3O4. The highest BCUT2D eigenvalue weighted by atomic mass is 16.4. The number of urea groups is 1. The summed E-state index contributed by atoms with van der Waals surface area (Å²) in [6, 6.07) is -0.161. The van der Waals surface area contributed by atoms with Crippen molar-refractivity contribution in [3.63, 3.8) is 0 Å². The maximum absolute atomic E-state index is 12.1. The Hall–Kier alpha value is -1.79. The van der Waals surface area contributed by atoms with Gasteiger partial charge in [-0.3, -0.25) is 9.59 Å². The van der Waals surface area contributed by atoms with E-state index in [1.807, 2.05) is 6.92 Å². The standard InChI is InChI=1S/C14H23N3O4/c1-2-14(12(19)20)5-7-17(8-6-14)13(21)15-9-10-3-4-11(18)16-10/h10H,2-9H2,1H3,(H,15,21)(H,16,18)(H,19,20). The fraction of sp³-hybridized carbons (Fsp3) is 0.786. The average Bonchev–Trinajstić information content (AvgIpc) is 2.90. The Labute approximate surface area is 124 Å². The van der Waals surface area contributed by atoms with Crippen LogP contribution in [-0.2, 0) is 9.59 Å². The maximum atomic E-state index is 12.1. The molecule has 7 heteroatoms. The van der Waals surface area contributed by atoms with Crippen LogP contribution in [0.5, 0.6) is 0 Å². The summed E-state index contributed by atoms with van der Waals surface area (Å²) in [6.45, 7) is 3.23. The van der Waals surface area contributed by atoms with E-state index in [0.717, 1.165) is 6.42 Å². The van der Waals surface area contributed by atoms with Crippen LogP contribution in [0.2, 0.25) is 0 Å². The minimum Gasteiger partial charge on any atom is -0.481 e. The predicted octanol–water partition coefficient (Wildman–Crippen LogP) is 0.551. The molecule has 118 valence electrons. The van der Waals surface area contributed by atoms with Gasteiger partial charge in [0.15, 0.2) is 0 Å². The number of carbonyl (C=O) groups is 3. The van der Waals surface area contributed by atoms with Crippen molar-refractivity contribution in [3.8, 4) is 0 Å². The molecule has 0 aromatic carbocycles. The first-order valence-corrected chi connectivity index (χ1v) is 7.52. The summed E-state index contributed by atoms with van der Waals surface area (Å²) in [5, 5.41) is 14.9. The Morgan fingerprint density at radius 2 is 2.10 bits per heavy atom. The van der Waals surface area contributed by atoms with Gasteiger partial charge in [0.2, 0.25) is 5.91 Å². The van der Waals surface area contributed by atoms with Crippen LogP contribution in [0.15, 0.2) is 0 Å². The number of hydrogen-bond donors (Lipinski definition) is 3. The second-order valence-electron chi connectivity index (χ2n) is 5.92. The third-order valence-corrected chi connectivity index (χ3v) is 4.72. The Kier molecular flexibility index (Phi) is 4.69. The Morgan fingerprint density at radius 3 is 2.57 bits per heavy atom. The minimum absolute atomic E-state index is 0.0139. The van der Waals surface area contributed by atoms with Crippen molar-refractivity contribution in [2.24, 2.45) is 5.41 Å². The monoisotopic (exact) mass is 297 g/mol. The number of rotatable bonds is 4.